The van der Waals surface area contributed by atoms with E-state index in [1.54, 1.807) is 36.4 Å². The summed E-state index contributed by atoms with van der Waals surface area (Å²) in [5.74, 6) is -0.0358. The Balaban J connectivity index is 1.66. The fourth-order valence-electron chi connectivity index (χ4n) is 3.42. The number of piperazine rings is 1. The summed E-state index contributed by atoms with van der Waals surface area (Å²) in [6.07, 6.45) is 4.12. The van der Waals surface area contributed by atoms with Crippen LogP contribution in [0.4, 0.5) is 5.69 Å². The second-order valence-electron chi connectivity index (χ2n) is 7.29. The number of benzene rings is 2. The molecule has 1 heterocycles. The minimum atomic E-state index is -1.51. The van der Waals surface area contributed by atoms with Gasteiger partial charge in [-0.2, -0.15) is 0 Å². The first-order valence-corrected chi connectivity index (χ1v) is 11.6. The van der Waals surface area contributed by atoms with Crippen LogP contribution in [0.2, 0.25) is 0 Å². The van der Waals surface area contributed by atoms with E-state index >= 15 is 0 Å². The fraction of sp³-hybridized carbons (Fsp3) is 0.240. The highest BCUT2D eigenvalue weighted by atomic mass is 32.2. The Bertz CT molecular complexity index is 993. The predicted octanol–water partition coefficient (Wildman–Crippen LogP) is 4.30. The first-order valence-electron chi connectivity index (χ1n) is 10.4. The Morgan fingerprint density at radius 3 is 2.45 bits per heavy atom. The molecule has 1 fully saturated rings. The minimum absolute atomic E-state index is 0.0358. The molecule has 6 heteroatoms. The van der Waals surface area contributed by atoms with Crippen molar-refractivity contribution in [3.63, 3.8) is 0 Å². The minimum Gasteiger partial charge on any atom is -0.368 e. The molecule has 162 valence electrons. The van der Waals surface area contributed by atoms with Gasteiger partial charge in [-0.1, -0.05) is 50.4 Å². The Morgan fingerprint density at radius 1 is 1.10 bits per heavy atom. The molecule has 1 unspecified atom stereocenters. The molecule has 2 aromatic rings. The molecule has 1 saturated heterocycles. The van der Waals surface area contributed by atoms with Crippen molar-refractivity contribution in [2.75, 3.05) is 31.1 Å². The van der Waals surface area contributed by atoms with E-state index in [0.717, 1.165) is 25.1 Å². The molecule has 0 aromatic heterocycles. The molecule has 1 aliphatic heterocycles. The van der Waals surface area contributed by atoms with Crippen LogP contribution in [0.3, 0.4) is 0 Å². The van der Waals surface area contributed by atoms with Crippen molar-refractivity contribution in [3.8, 4) is 0 Å². The van der Waals surface area contributed by atoms with Gasteiger partial charge in [-0.05, 0) is 48.4 Å². The summed E-state index contributed by atoms with van der Waals surface area (Å²) in [7, 11) is -1.51. The summed E-state index contributed by atoms with van der Waals surface area (Å²) in [6, 6.07) is 17.2. The first kappa shape index (κ1) is 22.6. The molecule has 0 spiro atoms. The largest absolute Gasteiger partial charge is 0.368 e. The van der Waals surface area contributed by atoms with Crippen LogP contribution in [0.25, 0.3) is 0 Å². The molecule has 1 N–H and O–H groups in total. The molecule has 1 amide bonds. The Morgan fingerprint density at radius 2 is 1.81 bits per heavy atom. The third kappa shape index (κ3) is 5.73. The van der Waals surface area contributed by atoms with Crippen molar-refractivity contribution >= 4 is 22.6 Å². The van der Waals surface area contributed by atoms with Crippen LogP contribution in [-0.2, 0) is 11.0 Å². The maximum absolute atomic E-state index is 13.0. The van der Waals surface area contributed by atoms with Crippen LogP contribution in [0.15, 0.2) is 96.1 Å². The molecule has 3 rings (SSSR count). The zero-order valence-electron chi connectivity index (χ0n) is 17.9. The SMILES string of the molecule is C=C/C=C(/NS(=O)c1cccc(C(=O)N2CCN(c3ccccc3)CC2)c1)C(=C)CC. The number of nitrogens with zero attached hydrogens (tertiary/aromatic N) is 2. The third-order valence-electron chi connectivity index (χ3n) is 5.28. The maximum atomic E-state index is 13.0. The number of anilines is 1. The van der Waals surface area contributed by atoms with Crippen LogP contribution in [0.5, 0.6) is 0 Å². The highest BCUT2D eigenvalue weighted by Crippen LogP contribution is 2.18. The summed E-state index contributed by atoms with van der Waals surface area (Å²) in [5, 5.41) is 0. The van der Waals surface area contributed by atoms with E-state index in [0.29, 0.717) is 29.2 Å². The summed E-state index contributed by atoms with van der Waals surface area (Å²) in [5.41, 5.74) is 3.25. The van der Waals surface area contributed by atoms with Gasteiger partial charge in [0, 0.05) is 43.1 Å². The second-order valence-corrected chi connectivity index (χ2v) is 8.50. The molecule has 2 aromatic carbocycles. The highest BCUT2D eigenvalue weighted by Gasteiger charge is 2.23. The molecule has 1 aliphatic rings. The van der Waals surface area contributed by atoms with E-state index in [1.807, 2.05) is 30.0 Å². The van der Waals surface area contributed by atoms with E-state index in [9.17, 15) is 9.00 Å². The van der Waals surface area contributed by atoms with Gasteiger partial charge in [0.15, 0.2) is 0 Å². The number of hydrogen-bond donors (Lipinski definition) is 1. The summed E-state index contributed by atoms with van der Waals surface area (Å²) < 4.78 is 15.8. The van der Waals surface area contributed by atoms with Gasteiger partial charge in [0.2, 0.25) is 0 Å². The lowest BCUT2D eigenvalue weighted by molar-refractivity contribution is 0.0746. The highest BCUT2D eigenvalue weighted by molar-refractivity contribution is 7.83. The monoisotopic (exact) mass is 435 g/mol. The number of amides is 1. The topological polar surface area (TPSA) is 52.7 Å². The molecule has 5 nitrogen and oxygen atoms in total. The zero-order valence-corrected chi connectivity index (χ0v) is 18.7. The molecule has 0 radical (unpaired) electrons. The van der Waals surface area contributed by atoms with E-state index in [-0.39, 0.29) is 5.91 Å². The van der Waals surface area contributed by atoms with Gasteiger partial charge in [-0.25, -0.2) is 4.21 Å². The van der Waals surface area contributed by atoms with Crippen LogP contribution in [0.1, 0.15) is 23.7 Å². The van der Waals surface area contributed by atoms with Gasteiger partial charge in [0.1, 0.15) is 11.0 Å². The summed E-state index contributed by atoms with van der Waals surface area (Å²) in [4.78, 5) is 17.7. The van der Waals surface area contributed by atoms with Crippen molar-refractivity contribution in [2.24, 2.45) is 0 Å². The quantitative estimate of drug-likeness (QED) is 0.629. The molecule has 0 bridgehead atoms. The second kappa shape index (κ2) is 10.8. The normalized spacial score (nSPS) is 15.3. The van der Waals surface area contributed by atoms with Crippen LogP contribution in [-0.4, -0.2) is 41.2 Å². The van der Waals surface area contributed by atoms with Crippen molar-refractivity contribution < 1.29 is 9.00 Å². The number of allylic oxidation sites excluding steroid dienone is 3. The van der Waals surface area contributed by atoms with Crippen molar-refractivity contribution in [1.29, 1.82) is 0 Å². The van der Waals surface area contributed by atoms with Crippen LogP contribution >= 0.6 is 0 Å². The number of para-hydroxylation sites is 1. The van der Waals surface area contributed by atoms with Gasteiger partial charge in [-0.15, -0.1) is 0 Å². The third-order valence-corrected chi connectivity index (χ3v) is 6.37. The summed E-state index contributed by atoms with van der Waals surface area (Å²) >= 11 is 0. The maximum Gasteiger partial charge on any atom is 0.254 e. The molecular weight excluding hydrogens is 406 g/mol. The van der Waals surface area contributed by atoms with Gasteiger partial charge in [-0.3, -0.25) is 4.79 Å². The average Bonchev–Trinajstić information content (AvgIpc) is 2.83. The van der Waals surface area contributed by atoms with Gasteiger partial charge >= 0.3 is 0 Å². The average molecular weight is 436 g/mol. The molecule has 0 saturated carbocycles. The van der Waals surface area contributed by atoms with Crippen LogP contribution < -0.4 is 9.62 Å². The number of carbonyl (C=O) groups excluding carboxylic acids is 1. The predicted molar refractivity (Wildman–Crippen MR) is 128 cm³/mol. The smallest absolute Gasteiger partial charge is 0.254 e. The lowest BCUT2D eigenvalue weighted by Gasteiger charge is -2.36. The molecular formula is C25H29N3O2S. The van der Waals surface area contributed by atoms with Crippen molar-refractivity contribution in [1.82, 2.24) is 9.62 Å². The number of rotatable bonds is 8. The number of carbonyl (C=O) groups is 1. The van der Waals surface area contributed by atoms with Crippen LogP contribution in [0, 0.1) is 0 Å². The summed E-state index contributed by atoms with van der Waals surface area (Å²) in [6.45, 7) is 12.6. The lowest BCUT2D eigenvalue weighted by Crippen LogP contribution is -2.48. The van der Waals surface area contributed by atoms with E-state index < -0.39 is 11.0 Å². The standard InChI is InChI=1S/C25H29N3O2S/c1-4-10-24(20(3)5-2)26-31(30)23-14-9-11-21(19-23)25(29)28-17-15-27(16-18-28)22-12-7-6-8-13-22/h4,6-14,19,26H,1,3,5,15-18H2,2H3/b24-10+. The number of hydrogen-bond acceptors (Lipinski definition) is 3. The Hall–Kier alpha value is -3.12. The molecule has 1 atom stereocenters. The van der Waals surface area contributed by atoms with Gasteiger partial charge in [0.05, 0.1) is 4.90 Å². The molecule has 0 aliphatic carbocycles. The van der Waals surface area contributed by atoms with Crippen molar-refractivity contribution in [2.45, 2.75) is 18.2 Å². The zero-order chi connectivity index (χ0) is 22.2. The lowest BCUT2D eigenvalue weighted by atomic mass is 10.1. The van der Waals surface area contributed by atoms with Gasteiger partial charge in [0.25, 0.3) is 5.91 Å². The first-order chi connectivity index (χ1) is 15.0. The van der Waals surface area contributed by atoms with Gasteiger partial charge < -0.3 is 14.5 Å². The fourth-order valence-corrected chi connectivity index (χ4v) is 4.39. The van der Waals surface area contributed by atoms with E-state index in [4.69, 9.17) is 0 Å². The molecule has 31 heavy (non-hydrogen) atoms. The van der Waals surface area contributed by atoms with Crippen molar-refractivity contribution in [3.05, 3.63) is 96.7 Å². The van der Waals surface area contributed by atoms with E-state index in [1.165, 1.54) is 5.69 Å². The number of nitrogens with one attached hydrogen (secondary N) is 1. The Kier molecular flexibility index (Phi) is 7.84. The Labute approximate surface area is 187 Å². The van der Waals surface area contributed by atoms with E-state index in [2.05, 4.69) is 34.9 Å².